The van der Waals surface area contributed by atoms with Gasteiger partial charge in [-0.1, -0.05) is 13.0 Å². The monoisotopic (exact) mass is 164 g/mol. The fourth-order valence-corrected chi connectivity index (χ4v) is 0.939. The largest absolute Gasteiger partial charge is 0.310 e. The lowest BCUT2D eigenvalue weighted by atomic mass is 10.2. The van der Waals surface area contributed by atoms with Crippen LogP contribution in [0.25, 0.3) is 0 Å². The van der Waals surface area contributed by atoms with Crippen LogP contribution in [0.1, 0.15) is 25.8 Å². The smallest absolute Gasteiger partial charge is 0.0312 e. The van der Waals surface area contributed by atoms with Crippen molar-refractivity contribution in [2.24, 2.45) is 0 Å². The van der Waals surface area contributed by atoms with E-state index in [1.165, 1.54) is 12.0 Å². The molecule has 1 atom stereocenters. The van der Waals surface area contributed by atoms with E-state index < -0.39 is 0 Å². The second-order valence-electron chi connectivity index (χ2n) is 3.05. The number of rotatable bonds is 4. The van der Waals surface area contributed by atoms with Gasteiger partial charge >= 0.3 is 0 Å². The summed E-state index contributed by atoms with van der Waals surface area (Å²) in [5.41, 5.74) is 1.25. The van der Waals surface area contributed by atoms with E-state index >= 15 is 0 Å². The van der Waals surface area contributed by atoms with Crippen molar-refractivity contribution in [2.45, 2.75) is 32.9 Å². The Labute approximate surface area is 74.0 Å². The SMILES string of the molecule is CC[C@@H](C)NCc1cccnc1. The van der Waals surface area contributed by atoms with Crippen molar-refractivity contribution in [3.63, 3.8) is 0 Å². The van der Waals surface area contributed by atoms with Crippen LogP contribution in [0.4, 0.5) is 0 Å². The third-order valence-electron chi connectivity index (χ3n) is 1.99. The van der Waals surface area contributed by atoms with Gasteiger partial charge in [-0.2, -0.15) is 0 Å². The molecular weight excluding hydrogens is 148 g/mol. The van der Waals surface area contributed by atoms with Crippen LogP contribution in [0, 0.1) is 0 Å². The first-order valence-electron chi connectivity index (χ1n) is 4.45. The van der Waals surface area contributed by atoms with E-state index in [0.29, 0.717) is 6.04 Å². The van der Waals surface area contributed by atoms with Crippen LogP contribution in [0.5, 0.6) is 0 Å². The maximum atomic E-state index is 4.05. The number of hydrogen-bond acceptors (Lipinski definition) is 2. The fourth-order valence-electron chi connectivity index (χ4n) is 0.939. The summed E-state index contributed by atoms with van der Waals surface area (Å²) in [6.07, 6.45) is 4.86. The van der Waals surface area contributed by atoms with Crippen molar-refractivity contribution in [1.29, 1.82) is 0 Å². The van der Waals surface area contributed by atoms with Crippen LogP contribution in [-0.2, 0) is 6.54 Å². The predicted octanol–water partition coefficient (Wildman–Crippen LogP) is 1.97. The Morgan fingerprint density at radius 3 is 3.00 bits per heavy atom. The zero-order valence-corrected chi connectivity index (χ0v) is 7.75. The number of nitrogens with one attached hydrogen (secondary N) is 1. The van der Waals surface area contributed by atoms with Crippen molar-refractivity contribution in [1.82, 2.24) is 10.3 Å². The lowest BCUT2D eigenvalue weighted by molar-refractivity contribution is 0.533. The highest BCUT2D eigenvalue weighted by Gasteiger charge is 1.96. The van der Waals surface area contributed by atoms with Gasteiger partial charge in [0, 0.05) is 25.0 Å². The van der Waals surface area contributed by atoms with Gasteiger partial charge in [0.2, 0.25) is 0 Å². The summed E-state index contributed by atoms with van der Waals surface area (Å²) in [6.45, 7) is 5.29. The van der Waals surface area contributed by atoms with Crippen molar-refractivity contribution >= 4 is 0 Å². The Morgan fingerprint density at radius 2 is 2.42 bits per heavy atom. The molecule has 0 amide bonds. The third kappa shape index (κ3) is 3.01. The molecule has 1 aromatic rings. The first kappa shape index (κ1) is 9.20. The molecule has 0 spiro atoms. The molecule has 12 heavy (non-hydrogen) atoms. The second-order valence-corrected chi connectivity index (χ2v) is 3.05. The third-order valence-corrected chi connectivity index (χ3v) is 1.99. The van der Waals surface area contributed by atoms with Crippen LogP contribution in [0.15, 0.2) is 24.5 Å². The normalized spacial score (nSPS) is 12.8. The summed E-state index contributed by atoms with van der Waals surface area (Å²) >= 11 is 0. The molecule has 2 heteroatoms. The van der Waals surface area contributed by atoms with Crippen molar-refractivity contribution in [3.8, 4) is 0 Å². The zero-order chi connectivity index (χ0) is 8.81. The van der Waals surface area contributed by atoms with Gasteiger partial charge in [0.15, 0.2) is 0 Å². The molecular formula is C10H16N2. The Hall–Kier alpha value is -0.890. The molecule has 1 rings (SSSR count). The summed E-state index contributed by atoms with van der Waals surface area (Å²) in [4.78, 5) is 4.05. The van der Waals surface area contributed by atoms with Gasteiger partial charge in [0.05, 0.1) is 0 Å². The number of pyridine rings is 1. The van der Waals surface area contributed by atoms with Crippen LogP contribution >= 0.6 is 0 Å². The topological polar surface area (TPSA) is 24.9 Å². The molecule has 0 saturated carbocycles. The number of hydrogen-bond donors (Lipinski definition) is 1. The molecule has 1 heterocycles. The molecule has 1 aromatic heterocycles. The molecule has 1 N–H and O–H groups in total. The molecule has 0 aliphatic rings. The summed E-state index contributed by atoms with van der Waals surface area (Å²) in [6, 6.07) is 4.64. The quantitative estimate of drug-likeness (QED) is 0.736. The maximum Gasteiger partial charge on any atom is 0.0312 e. The highest BCUT2D eigenvalue weighted by atomic mass is 14.9. The highest BCUT2D eigenvalue weighted by Crippen LogP contribution is 1.96. The Morgan fingerprint density at radius 1 is 1.58 bits per heavy atom. The van der Waals surface area contributed by atoms with Gasteiger partial charge in [0.1, 0.15) is 0 Å². The lowest BCUT2D eigenvalue weighted by Gasteiger charge is -2.10. The fraction of sp³-hybridized carbons (Fsp3) is 0.500. The minimum atomic E-state index is 0.588. The number of nitrogens with zero attached hydrogens (tertiary/aromatic N) is 1. The molecule has 0 radical (unpaired) electrons. The average Bonchev–Trinajstić information content (AvgIpc) is 2.16. The first-order valence-corrected chi connectivity index (χ1v) is 4.45. The van der Waals surface area contributed by atoms with E-state index in [0.717, 1.165) is 6.54 Å². The molecule has 0 aromatic carbocycles. The van der Waals surface area contributed by atoms with E-state index in [-0.39, 0.29) is 0 Å². The van der Waals surface area contributed by atoms with E-state index in [9.17, 15) is 0 Å². The number of aromatic nitrogens is 1. The van der Waals surface area contributed by atoms with Gasteiger partial charge in [-0.15, -0.1) is 0 Å². The van der Waals surface area contributed by atoms with Crippen LogP contribution < -0.4 is 5.32 Å². The van der Waals surface area contributed by atoms with Crippen LogP contribution in [0.2, 0.25) is 0 Å². The van der Waals surface area contributed by atoms with Gasteiger partial charge < -0.3 is 5.32 Å². The van der Waals surface area contributed by atoms with Crippen LogP contribution in [-0.4, -0.2) is 11.0 Å². The highest BCUT2D eigenvalue weighted by molar-refractivity contribution is 5.07. The Balaban J connectivity index is 2.33. The van der Waals surface area contributed by atoms with Crippen molar-refractivity contribution in [3.05, 3.63) is 30.1 Å². The minimum absolute atomic E-state index is 0.588. The maximum absolute atomic E-state index is 4.05. The van der Waals surface area contributed by atoms with E-state index in [4.69, 9.17) is 0 Å². The van der Waals surface area contributed by atoms with Gasteiger partial charge in [-0.05, 0) is 25.0 Å². The first-order chi connectivity index (χ1) is 5.83. The molecule has 0 unspecified atom stereocenters. The van der Waals surface area contributed by atoms with E-state index in [1.54, 1.807) is 6.20 Å². The molecule has 0 bridgehead atoms. The Bertz CT molecular complexity index is 208. The van der Waals surface area contributed by atoms with Crippen molar-refractivity contribution in [2.75, 3.05) is 0 Å². The Kier molecular flexibility index (Phi) is 3.74. The average molecular weight is 164 g/mol. The summed E-state index contributed by atoms with van der Waals surface area (Å²) in [5, 5.41) is 3.41. The molecule has 0 fully saturated rings. The summed E-state index contributed by atoms with van der Waals surface area (Å²) in [5.74, 6) is 0. The zero-order valence-electron chi connectivity index (χ0n) is 7.75. The second kappa shape index (κ2) is 4.88. The standard InChI is InChI=1S/C10H16N2/c1-3-9(2)12-8-10-5-4-6-11-7-10/h4-7,9,12H,3,8H2,1-2H3/t9-/m1/s1. The van der Waals surface area contributed by atoms with E-state index in [2.05, 4.69) is 30.2 Å². The summed E-state index contributed by atoms with van der Waals surface area (Å²) < 4.78 is 0. The molecule has 66 valence electrons. The van der Waals surface area contributed by atoms with Gasteiger partial charge in [-0.3, -0.25) is 4.98 Å². The minimum Gasteiger partial charge on any atom is -0.310 e. The summed E-state index contributed by atoms with van der Waals surface area (Å²) in [7, 11) is 0. The van der Waals surface area contributed by atoms with Crippen molar-refractivity contribution < 1.29 is 0 Å². The van der Waals surface area contributed by atoms with Crippen LogP contribution in [0.3, 0.4) is 0 Å². The molecule has 0 saturated heterocycles. The van der Waals surface area contributed by atoms with E-state index in [1.807, 2.05) is 12.3 Å². The predicted molar refractivity (Wildman–Crippen MR) is 50.8 cm³/mol. The lowest BCUT2D eigenvalue weighted by Crippen LogP contribution is -2.24. The van der Waals surface area contributed by atoms with Gasteiger partial charge in [0.25, 0.3) is 0 Å². The molecule has 0 aliphatic heterocycles. The molecule has 2 nitrogen and oxygen atoms in total. The van der Waals surface area contributed by atoms with Gasteiger partial charge in [-0.25, -0.2) is 0 Å². The molecule has 0 aliphatic carbocycles.